The number of rotatable bonds is 4. The van der Waals surface area contributed by atoms with Crippen LogP contribution in [0.5, 0.6) is 0 Å². The van der Waals surface area contributed by atoms with Gasteiger partial charge in [0.1, 0.15) is 0 Å². The van der Waals surface area contributed by atoms with E-state index in [0.29, 0.717) is 13.0 Å². The van der Waals surface area contributed by atoms with Crippen LogP contribution in [-0.4, -0.2) is 30.5 Å². The molecular formula is C14H20F2N2. The summed E-state index contributed by atoms with van der Waals surface area (Å²) in [6, 6.07) is 9.98. The highest BCUT2D eigenvalue weighted by molar-refractivity contribution is 5.14. The van der Waals surface area contributed by atoms with Gasteiger partial charge < -0.3 is 5.73 Å². The van der Waals surface area contributed by atoms with Crippen LogP contribution in [0.25, 0.3) is 0 Å². The highest BCUT2D eigenvalue weighted by Crippen LogP contribution is 2.31. The zero-order valence-corrected chi connectivity index (χ0v) is 10.5. The van der Waals surface area contributed by atoms with Gasteiger partial charge in [-0.3, -0.25) is 4.90 Å². The molecule has 0 aliphatic carbocycles. The van der Waals surface area contributed by atoms with Gasteiger partial charge in [-0.1, -0.05) is 30.3 Å². The summed E-state index contributed by atoms with van der Waals surface area (Å²) < 4.78 is 27.2. The zero-order chi connectivity index (χ0) is 13.0. The van der Waals surface area contributed by atoms with Gasteiger partial charge >= 0.3 is 0 Å². The van der Waals surface area contributed by atoms with E-state index in [1.807, 2.05) is 30.3 Å². The van der Waals surface area contributed by atoms with Gasteiger partial charge in [0.25, 0.3) is 5.92 Å². The van der Waals surface area contributed by atoms with E-state index in [0.717, 1.165) is 19.5 Å². The van der Waals surface area contributed by atoms with Crippen molar-refractivity contribution in [2.45, 2.75) is 25.3 Å². The molecule has 1 aliphatic rings. The molecule has 4 heteroatoms. The topological polar surface area (TPSA) is 29.3 Å². The number of benzene rings is 1. The number of alkyl halides is 2. The Kier molecular flexibility index (Phi) is 4.30. The van der Waals surface area contributed by atoms with Crippen LogP contribution in [0.4, 0.5) is 8.78 Å². The van der Waals surface area contributed by atoms with Crippen molar-refractivity contribution in [1.29, 1.82) is 0 Å². The van der Waals surface area contributed by atoms with Crippen molar-refractivity contribution in [1.82, 2.24) is 4.90 Å². The maximum Gasteiger partial charge on any atom is 0.264 e. The molecule has 0 spiro atoms. The molecule has 1 aromatic carbocycles. The first-order valence-electron chi connectivity index (χ1n) is 6.46. The lowest BCUT2D eigenvalue weighted by Crippen LogP contribution is -2.46. The summed E-state index contributed by atoms with van der Waals surface area (Å²) in [5.41, 5.74) is 6.34. The van der Waals surface area contributed by atoms with Crippen molar-refractivity contribution in [2.75, 3.05) is 19.6 Å². The third-order valence-corrected chi connectivity index (χ3v) is 3.62. The van der Waals surface area contributed by atoms with Crippen LogP contribution in [0.1, 0.15) is 18.4 Å². The predicted octanol–water partition coefficient (Wildman–Crippen LogP) is 2.49. The first-order valence-corrected chi connectivity index (χ1v) is 6.46. The van der Waals surface area contributed by atoms with Gasteiger partial charge in [-0.15, -0.1) is 0 Å². The van der Waals surface area contributed by atoms with E-state index in [2.05, 4.69) is 4.90 Å². The van der Waals surface area contributed by atoms with Crippen molar-refractivity contribution in [3.8, 4) is 0 Å². The molecule has 1 heterocycles. The summed E-state index contributed by atoms with van der Waals surface area (Å²) >= 11 is 0. The third-order valence-electron chi connectivity index (χ3n) is 3.62. The summed E-state index contributed by atoms with van der Waals surface area (Å²) in [5, 5.41) is 0. The molecule has 0 amide bonds. The van der Waals surface area contributed by atoms with Crippen molar-refractivity contribution in [2.24, 2.45) is 11.7 Å². The molecule has 1 unspecified atom stereocenters. The van der Waals surface area contributed by atoms with Crippen LogP contribution in [0.15, 0.2) is 30.3 Å². The molecule has 1 saturated heterocycles. The molecule has 18 heavy (non-hydrogen) atoms. The molecule has 2 nitrogen and oxygen atoms in total. The highest BCUT2D eigenvalue weighted by atomic mass is 19.3. The van der Waals surface area contributed by atoms with Crippen LogP contribution >= 0.6 is 0 Å². The Morgan fingerprint density at radius 2 is 2.00 bits per heavy atom. The van der Waals surface area contributed by atoms with Gasteiger partial charge in [-0.05, 0) is 24.9 Å². The lowest BCUT2D eigenvalue weighted by atomic mass is 9.91. The molecule has 2 rings (SSSR count). The average Bonchev–Trinajstić information content (AvgIpc) is 2.40. The fraction of sp³-hybridized carbons (Fsp3) is 0.571. The van der Waals surface area contributed by atoms with Gasteiger partial charge in [0.05, 0.1) is 6.54 Å². The van der Waals surface area contributed by atoms with E-state index in [9.17, 15) is 8.78 Å². The predicted molar refractivity (Wildman–Crippen MR) is 68.4 cm³/mol. The summed E-state index contributed by atoms with van der Waals surface area (Å²) in [6.07, 6.45) is 1.41. The third kappa shape index (κ3) is 3.27. The standard InChI is InChI=1S/C14H20F2N2/c15-14(16,11-17)13-7-4-8-18(10-13)9-12-5-2-1-3-6-12/h1-3,5-6,13H,4,7-11,17H2. The summed E-state index contributed by atoms with van der Waals surface area (Å²) in [7, 11) is 0. The van der Waals surface area contributed by atoms with Crippen LogP contribution < -0.4 is 5.73 Å². The van der Waals surface area contributed by atoms with Crippen molar-refractivity contribution < 1.29 is 8.78 Å². The maximum absolute atomic E-state index is 13.6. The first kappa shape index (κ1) is 13.4. The van der Waals surface area contributed by atoms with Crippen LogP contribution in [0, 0.1) is 5.92 Å². The summed E-state index contributed by atoms with van der Waals surface area (Å²) in [4.78, 5) is 2.10. The Morgan fingerprint density at radius 1 is 1.28 bits per heavy atom. The van der Waals surface area contributed by atoms with E-state index in [1.54, 1.807) is 0 Å². The normalized spacial score (nSPS) is 22.1. The second kappa shape index (κ2) is 5.76. The molecule has 1 atom stereocenters. The van der Waals surface area contributed by atoms with Gasteiger partial charge in [0, 0.05) is 19.0 Å². The Hall–Kier alpha value is -1.00. The highest BCUT2D eigenvalue weighted by Gasteiger charge is 2.40. The van der Waals surface area contributed by atoms with E-state index in [1.165, 1.54) is 5.56 Å². The smallest absolute Gasteiger partial charge is 0.264 e. The molecule has 2 N–H and O–H groups in total. The Bertz CT molecular complexity index is 367. The minimum Gasteiger partial charge on any atom is -0.325 e. The molecule has 0 radical (unpaired) electrons. The fourth-order valence-electron chi connectivity index (χ4n) is 2.55. The molecule has 1 fully saturated rings. The Balaban J connectivity index is 1.95. The van der Waals surface area contributed by atoms with Gasteiger partial charge in [-0.2, -0.15) is 0 Å². The molecule has 1 aromatic rings. The SMILES string of the molecule is NCC(F)(F)C1CCCN(Cc2ccccc2)C1. The second-order valence-corrected chi connectivity index (χ2v) is 5.03. The number of halogens is 2. The van der Waals surface area contributed by atoms with Crippen molar-refractivity contribution >= 4 is 0 Å². The van der Waals surface area contributed by atoms with Crippen LogP contribution in [-0.2, 0) is 6.54 Å². The maximum atomic E-state index is 13.6. The Morgan fingerprint density at radius 3 is 2.67 bits per heavy atom. The quantitative estimate of drug-likeness (QED) is 0.894. The minimum atomic E-state index is -2.73. The van der Waals surface area contributed by atoms with Gasteiger partial charge in [0.2, 0.25) is 0 Å². The summed E-state index contributed by atoms with van der Waals surface area (Å²) in [6.45, 7) is 1.54. The molecule has 0 saturated carbocycles. The fourth-order valence-corrected chi connectivity index (χ4v) is 2.55. The minimum absolute atomic E-state index is 0.444. The number of nitrogens with two attached hydrogens (primary N) is 1. The summed E-state index contributed by atoms with van der Waals surface area (Å²) in [5.74, 6) is -3.32. The number of piperidine rings is 1. The van der Waals surface area contributed by atoms with E-state index >= 15 is 0 Å². The Labute approximate surface area is 107 Å². The number of hydrogen-bond donors (Lipinski definition) is 1. The first-order chi connectivity index (χ1) is 8.62. The second-order valence-electron chi connectivity index (χ2n) is 5.03. The molecule has 1 aliphatic heterocycles. The number of nitrogens with zero attached hydrogens (tertiary/aromatic N) is 1. The van der Waals surface area contributed by atoms with Crippen molar-refractivity contribution in [3.05, 3.63) is 35.9 Å². The largest absolute Gasteiger partial charge is 0.325 e. The van der Waals surface area contributed by atoms with E-state index in [4.69, 9.17) is 5.73 Å². The van der Waals surface area contributed by atoms with Crippen LogP contribution in [0.2, 0.25) is 0 Å². The lowest BCUT2D eigenvalue weighted by molar-refractivity contribution is -0.0750. The van der Waals surface area contributed by atoms with Crippen molar-refractivity contribution in [3.63, 3.8) is 0 Å². The zero-order valence-electron chi connectivity index (χ0n) is 10.5. The number of likely N-dealkylation sites (tertiary alicyclic amines) is 1. The van der Waals surface area contributed by atoms with Gasteiger partial charge in [0.15, 0.2) is 0 Å². The van der Waals surface area contributed by atoms with E-state index in [-0.39, 0.29) is 0 Å². The number of hydrogen-bond acceptors (Lipinski definition) is 2. The lowest BCUT2D eigenvalue weighted by Gasteiger charge is -2.36. The van der Waals surface area contributed by atoms with Crippen LogP contribution in [0.3, 0.4) is 0 Å². The monoisotopic (exact) mass is 254 g/mol. The molecule has 100 valence electrons. The average molecular weight is 254 g/mol. The molecule has 0 bridgehead atoms. The van der Waals surface area contributed by atoms with Gasteiger partial charge in [-0.25, -0.2) is 8.78 Å². The molecule has 0 aromatic heterocycles. The molecular weight excluding hydrogens is 234 g/mol. The van der Waals surface area contributed by atoms with E-state index < -0.39 is 18.4 Å².